The zero-order valence-electron chi connectivity index (χ0n) is 8.47. The number of anilines is 1. The van der Waals surface area contributed by atoms with Gasteiger partial charge in [-0.15, -0.1) is 0 Å². The molecule has 0 unspecified atom stereocenters. The third-order valence-corrected chi connectivity index (χ3v) is 2.31. The molecule has 0 radical (unpaired) electrons. The molecular weight excluding hydrogens is 222 g/mol. The molecule has 1 aromatic carbocycles. The lowest BCUT2D eigenvalue weighted by Crippen LogP contribution is -1.91. The van der Waals surface area contributed by atoms with E-state index in [1.165, 1.54) is 0 Å². The van der Waals surface area contributed by atoms with Gasteiger partial charge in [0.1, 0.15) is 0 Å². The normalized spacial score (nSPS) is 10.6. The van der Waals surface area contributed by atoms with E-state index < -0.39 is 0 Å². The third-order valence-electron chi connectivity index (χ3n) is 1.98. The van der Waals surface area contributed by atoms with E-state index in [1.807, 2.05) is 36.4 Å². The number of hydrogen-bond donors (Lipinski definition) is 1. The zero-order valence-corrected chi connectivity index (χ0v) is 9.22. The van der Waals surface area contributed by atoms with Crippen molar-refractivity contribution in [3.8, 4) is 0 Å². The zero-order chi connectivity index (χ0) is 11.2. The Hall–Kier alpha value is -1.87. The van der Waals surface area contributed by atoms with E-state index in [1.54, 1.807) is 18.6 Å². The highest BCUT2D eigenvalue weighted by atomic mass is 35.5. The van der Waals surface area contributed by atoms with Gasteiger partial charge in [0.05, 0.1) is 16.9 Å². The molecule has 0 aliphatic carbocycles. The Morgan fingerprint density at radius 3 is 2.62 bits per heavy atom. The van der Waals surface area contributed by atoms with Crippen LogP contribution in [-0.4, -0.2) is 11.2 Å². The molecule has 0 aliphatic heterocycles. The summed E-state index contributed by atoms with van der Waals surface area (Å²) in [5.41, 5.74) is 4.65. The summed E-state index contributed by atoms with van der Waals surface area (Å²) in [7, 11) is 0. The van der Waals surface area contributed by atoms with Crippen molar-refractivity contribution < 1.29 is 0 Å². The van der Waals surface area contributed by atoms with Gasteiger partial charge in [-0.05, 0) is 29.8 Å². The maximum Gasteiger partial charge on any atom is 0.0748 e. The summed E-state index contributed by atoms with van der Waals surface area (Å²) in [6.07, 6.45) is 5.15. The molecule has 0 saturated heterocycles. The Kier molecular flexibility index (Phi) is 3.51. The van der Waals surface area contributed by atoms with Crippen LogP contribution in [0.2, 0.25) is 5.02 Å². The van der Waals surface area contributed by atoms with Crippen LogP contribution in [0.4, 0.5) is 5.69 Å². The Labute approximate surface area is 98.8 Å². The number of pyridine rings is 1. The minimum absolute atomic E-state index is 0.648. The molecule has 0 bridgehead atoms. The van der Waals surface area contributed by atoms with E-state index in [0.29, 0.717) is 5.02 Å². The van der Waals surface area contributed by atoms with Crippen molar-refractivity contribution in [2.75, 3.05) is 5.43 Å². The maximum atomic E-state index is 5.96. The molecule has 16 heavy (non-hydrogen) atoms. The number of nitrogens with one attached hydrogen (secondary N) is 1. The molecule has 0 fully saturated rings. The molecule has 0 saturated carbocycles. The Morgan fingerprint density at radius 2 is 1.88 bits per heavy atom. The van der Waals surface area contributed by atoms with Crippen LogP contribution in [0.5, 0.6) is 0 Å². The van der Waals surface area contributed by atoms with Gasteiger partial charge in [-0.1, -0.05) is 23.7 Å². The fourth-order valence-corrected chi connectivity index (χ4v) is 1.36. The number of benzene rings is 1. The predicted octanol–water partition coefficient (Wildman–Crippen LogP) is 3.18. The molecule has 80 valence electrons. The number of rotatable bonds is 3. The average molecular weight is 232 g/mol. The first-order chi connectivity index (χ1) is 7.86. The first kappa shape index (κ1) is 10.6. The number of hydrazone groups is 1. The van der Waals surface area contributed by atoms with Crippen molar-refractivity contribution in [3.05, 3.63) is 59.4 Å². The Bertz CT molecular complexity index is 483. The first-order valence-corrected chi connectivity index (χ1v) is 5.18. The molecule has 2 aromatic rings. The number of hydrogen-bond acceptors (Lipinski definition) is 3. The quantitative estimate of drug-likeness (QED) is 0.651. The van der Waals surface area contributed by atoms with Crippen LogP contribution in [0.1, 0.15) is 5.56 Å². The van der Waals surface area contributed by atoms with Crippen molar-refractivity contribution in [2.24, 2.45) is 5.10 Å². The summed E-state index contributed by atoms with van der Waals surface area (Å²) in [6.45, 7) is 0. The van der Waals surface area contributed by atoms with Crippen molar-refractivity contribution in [2.45, 2.75) is 0 Å². The van der Waals surface area contributed by atoms with Crippen LogP contribution in [0.3, 0.4) is 0 Å². The number of halogens is 1. The molecule has 0 amide bonds. The van der Waals surface area contributed by atoms with Crippen LogP contribution in [0, 0.1) is 0 Å². The van der Waals surface area contributed by atoms with E-state index in [9.17, 15) is 0 Å². The van der Waals surface area contributed by atoms with Crippen molar-refractivity contribution in [1.29, 1.82) is 0 Å². The largest absolute Gasteiger partial charge is 0.277 e. The lowest BCUT2D eigenvalue weighted by atomic mass is 10.3. The standard InChI is InChI=1S/C12H10ClN3/c13-11-3-1-2-4-12(11)16-15-9-10-5-7-14-8-6-10/h1-9,16H/b15-9-. The summed E-state index contributed by atoms with van der Waals surface area (Å²) in [6, 6.07) is 11.2. The lowest BCUT2D eigenvalue weighted by Gasteiger charge is -2.01. The van der Waals surface area contributed by atoms with Crippen LogP contribution in [-0.2, 0) is 0 Å². The minimum Gasteiger partial charge on any atom is -0.277 e. The van der Waals surface area contributed by atoms with E-state index in [4.69, 9.17) is 11.6 Å². The summed E-state index contributed by atoms with van der Waals surface area (Å²) < 4.78 is 0. The van der Waals surface area contributed by atoms with Gasteiger partial charge < -0.3 is 0 Å². The molecular formula is C12H10ClN3. The average Bonchev–Trinajstić information content (AvgIpc) is 2.33. The Balaban J connectivity index is 2.03. The first-order valence-electron chi connectivity index (χ1n) is 4.80. The maximum absolute atomic E-state index is 5.96. The van der Waals surface area contributed by atoms with E-state index in [-0.39, 0.29) is 0 Å². The van der Waals surface area contributed by atoms with Crippen molar-refractivity contribution in [3.63, 3.8) is 0 Å². The summed E-state index contributed by atoms with van der Waals surface area (Å²) >= 11 is 5.96. The molecule has 3 nitrogen and oxygen atoms in total. The second-order valence-corrected chi connectivity index (χ2v) is 3.54. The van der Waals surface area contributed by atoms with Crippen LogP contribution >= 0.6 is 11.6 Å². The molecule has 0 aliphatic rings. The van der Waals surface area contributed by atoms with Crippen molar-refractivity contribution >= 4 is 23.5 Å². The second-order valence-electron chi connectivity index (χ2n) is 3.13. The van der Waals surface area contributed by atoms with Crippen LogP contribution in [0.15, 0.2) is 53.9 Å². The molecule has 2 rings (SSSR count). The van der Waals surface area contributed by atoms with Crippen LogP contribution < -0.4 is 5.43 Å². The fraction of sp³-hybridized carbons (Fsp3) is 0. The van der Waals surface area contributed by atoms with Gasteiger partial charge in [0, 0.05) is 12.4 Å². The molecule has 0 spiro atoms. The molecule has 1 aromatic heterocycles. The highest BCUT2D eigenvalue weighted by Gasteiger charge is 1.94. The van der Waals surface area contributed by atoms with Gasteiger partial charge >= 0.3 is 0 Å². The number of para-hydroxylation sites is 1. The summed E-state index contributed by atoms with van der Waals surface area (Å²) in [5, 5.41) is 4.73. The molecule has 1 N–H and O–H groups in total. The molecule has 1 heterocycles. The van der Waals surface area contributed by atoms with Gasteiger partial charge in [0.2, 0.25) is 0 Å². The van der Waals surface area contributed by atoms with E-state index in [2.05, 4.69) is 15.5 Å². The fourth-order valence-electron chi connectivity index (χ4n) is 1.18. The van der Waals surface area contributed by atoms with E-state index >= 15 is 0 Å². The number of nitrogens with zero attached hydrogens (tertiary/aromatic N) is 2. The third kappa shape index (κ3) is 2.81. The second kappa shape index (κ2) is 5.28. The van der Waals surface area contributed by atoms with Gasteiger partial charge in [-0.3, -0.25) is 10.4 Å². The monoisotopic (exact) mass is 231 g/mol. The van der Waals surface area contributed by atoms with Gasteiger partial charge in [-0.25, -0.2) is 0 Å². The van der Waals surface area contributed by atoms with Gasteiger partial charge in [0.15, 0.2) is 0 Å². The van der Waals surface area contributed by atoms with Crippen molar-refractivity contribution in [1.82, 2.24) is 4.98 Å². The lowest BCUT2D eigenvalue weighted by molar-refractivity contribution is 1.31. The van der Waals surface area contributed by atoms with Crippen LogP contribution in [0.25, 0.3) is 0 Å². The summed E-state index contributed by atoms with van der Waals surface area (Å²) in [5.74, 6) is 0. The summed E-state index contributed by atoms with van der Waals surface area (Å²) in [4.78, 5) is 3.92. The molecule has 4 heteroatoms. The molecule has 0 atom stereocenters. The van der Waals surface area contributed by atoms with Gasteiger partial charge in [0.25, 0.3) is 0 Å². The highest BCUT2D eigenvalue weighted by molar-refractivity contribution is 6.33. The van der Waals surface area contributed by atoms with Gasteiger partial charge in [-0.2, -0.15) is 5.10 Å². The smallest absolute Gasteiger partial charge is 0.0748 e. The number of aromatic nitrogens is 1. The SMILES string of the molecule is Clc1ccccc1N/N=C\c1ccncc1. The highest BCUT2D eigenvalue weighted by Crippen LogP contribution is 2.19. The minimum atomic E-state index is 0.648. The predicted molar refractivity (Wildman–Crippen MR) is 66.9 cm³/mol. The Morgan fingerprint density at radius 1 is 1.12 bits per heavy atom. The van der Waals surface area contributed by atoms with E-state index in [0.717, 1.165) is 11.3 Å². The topological polar surface area (TPSA) is 37.3 Å².